The number of ketones is 1. The zero-order valence-electron chi connectivity index (χ0n) is 23.2. The molecule has 5 heterocycles. The first-order chi connectivity index (χ1) is 20.7. The molecular weight excluding hydrogens is 636 g/mol. The maximum atomic E-state index is 12.4. The molecule has 0 aliphatic carbocycles. The fraction of sp³-hybridized carbons (Fsp3) is 0.773. The highest BCUT2D eigenvalue weighted by molar-refractivity contribution is 7.61. The molecule has 12 unspecified atom stereocenters. The lowest BCUT2D eigenvalue weighted by Gasteiger charge is -2.36. The van der Waals surface area contributed by atoms with Crippen molar-refractivity contribution in [3.05, 3.63) is 0 Å². The summed E-state index contributed by atoms with van der Waals surface area (Å²) in [4.78, 5) is 58.0. The van der Waals surface area contributed by atoms with Crippen LogP contribution in [0.3, 0.4) is 0 Å². The predicted molar refractivity (Wildman–Crippen MR) is 144 cm³/mol. The smallest absolute Gasteiger partial charge is 0.387 e. The van der Waals surface area contributed by atoms with Gasteiger partial charge in [0.15, 0.2) is 12.3 Å². The minimum Gasteiger partial charge on any atom is -0.387 e. The standard InChI is InChI=1S/C22H33N5O15P2/c1-10(28)11-3-2-4-26(5-11)21-17(31)15(29)12(40-21)6-38-43(34,35)42-44(36,37)39-7-13-16(30)18(32)22(41-13)27-9-25-14-19(27)23-8-24-20(14)33/h8-9,11-18,21-22,29-32H,2-7H2,1H3,(H,34,35)(H,36,37). The third kappa shape index (κ3) is 7.08. The van der Waals surface area contributed by atoms with Gasteiger partial charge >= 0.3 is 15.6 Å². The number of rotatable bonds is 11. The van der Waals surface area contributed by atoms with E-state index in [-0.39, 0.29) is 24.1 Å². The lowest BCUT2D eigenvalue weighted by atomic mass is 9.94. The summed E-state index contributed by atoms with van der Waals surface area (Å²) < 4.78 is 49.8. The van der Waals surface area contributed by atoms with Crippen LogP contribution in [0.1, 0.15) is 19.8 Å². The van der Waals surface area contributed by atoms with Crippen molar-refractivity contribution in [2.75, 3.05) is 26.3 Å². The molecule has 3 saturated heterocycles. The third-order valence-corrected chi connectivity index (χ3v) is 10.4. The number of phosphoric ester groups is 2. The second-order valence-electron chi connectivity index (χ2n) is 10.8. The van der Waals surface area contributed by atoms with Crippen molar-refractivity contribution < 1.29 is 71.8 Å². The molecule has 3 fully saturated rings. The highest BCUT2D eigenvalue weighted by Gasteiger charge is 2.51. The van der Waals surface area contributed by atoms with E-state index in [0.29, 0.717) is 19.4 Å². The maximum absolute atomic E-state index is 12.4. The van der Waals surface area contributed by atoms with Crippen LogP contribution in [-0.2, 0) is 41.6 Å². The molecule has 20 nitrogen and oxygen atoms in total. The van der Waals surface area contributed by atoms with E-state index < -0.39 is 89.9 Å². The Morgan fingerprint density at radius 1 is 1.00 bits per heavy atom. The van der Waals surface area contributed by atoms with Crippen LogP contribution in [0.5, 0.6) is 0 Å². The molecule has 0 aromatic heterocycles. The van der Waals surface area contributed by atoms with Crippen molar-refractivity contribution >= 4 is 45.8 Å². The molecule has 44 heavy (non-hydrogen) atoms. The summed E-state index contributed by atoms with van der Waals surface area (Å²) in [5.41, 5.74) is 0. The molecule has 0 spiro atoms. The molecule has 5 rings (SSSR count). The molecule has 6 N–H and O–H groups in total. The van der Waals surface area contributed by atoms with E-state index in [4.69, 9.17) is 18.5 Å². The van der Waals surface area contributed by atoms with Gasteiger partial charge in [0.05, 0.1) is 19.6 Å². The van der Waals surface area contributed by atoms with E-state index in [1.807, 2.05) is 0 Å². The minimum atomic E-state index is -5.36. The molecule has 0 aromatic carbocycles. The maximum Gasteiger partial charge on any atom is 0.481 e. The normalized spacial score (nSPS) is 40.1. The molecule has 0 bridgehead atoms. The lowest BCUT2D eigenvalue weighted by molar-refractivity contribution is -0.130. The Morgan fingerprint density at radius 2 is 1.59 bits per heavy atom. The molecule has 1 amide bonds. The van der Waals surface area contributed by atoms with Crippen molar-refractivity contribution in [2.45, 2.75) is 74.9 Å². The lowest BCUT2D eigenvalue weighted by Crippen LogP contribution is -2.49. The highest BCUT2D eigenvalue weighted by atomic mass is 31.3. The molecular formula is C22H33N5O15P2. The molecule has 0 aromatic rings. The van der Waals surface area contributed by atoms with Crippen LogP contribution >= 0.6 is 15.6 Å². The predicted octanol–water partition coefficient (Wildman–Crippen LogP) is -2.89. The molecule has 22 heteroatoms. The van der Waals surface area contributed by atoms with Gasteiger partial charge in [-0.25, -0.2) is 14.1 Å². The van der Waals surface area contributed by atoms with Crippen LogP contribution < -0.4 is 0 Å². The first-order valence-corrected chi connectivity index (χ1v) is 16.6. The van der Waals surface area contributed by atoms with Crippen LogP contribution in [-0.4, -0.2) is 152 Å². The highest BCUT2D eigenvalue weighted by Crippen LogP contribution is 2.60. The number of hydrogen-bond donors (Lipinski definition) is 6. The van der Waals surface area contributed by atoms with E-state index >= 15 is 0 Å². The SMILES string of the molecule is CC(=O)C1CCCN(C2OC(COP(=O)(O)OP(=O)(O)OCC3OC(N4C=NC5C(=O)N=CN=C54)C(O)C3O)C(O)C2O)C1. The van der Waals surface area contributed by atoms with Gasteiger partial charge in [-0.1, -0.05) is 0 Å². The second-order valence-corrected chi connectivity index (χ2v) is 13.8. The first kappa shape index (κ1) is 33.5. The molecule has 5 aliphatic heterocycles. The average molecular weight is 669 g/mol. The van der Waals surface area contributed by atoms with Gasteiger partial charge < -0.3 is 39.7 Å². The van der Waals surface area contributed by atoms with Gasteiger partial charge in [-0.2, -0.15) is 9.30 Å². The van der Waals surface area contributed by atoms with E-state index in [1.54, 1.807) is 4.90 Å². The van der Waals surface area contributed by atoms with Crippen LogP contribution in [0, 0.1) is 5.92 Å². The zero-order valence-corrected chi connectivity index (χ0v) is 24.9. The number of nitrogens with zero attached hydrogens (tertiary/aromatic N) is 5. The van der Waals surface area contributed by atoms with Crippen LogP contribution in [0.4, 0.5) is 0 Å². The number of Topliss-reactive ketones (excluding diaryl/α,β-unsaturated/α-hetero) is 1. The number of fused-ring (bicyclic) bond motifs is 1. The van der Waals surface area contributed by atoms with Gasteiger partial charge in [-0.15, -0.1) is 0 Å². The van der Waals surface area contributed by atoms with Gasteiger partial charge in [-0.3, -0.25) is 33.4 Å². The number of aliphatic imine (C=N–C) groups is 3. The van der Waals surface area contributed by atoms with E-state index in [0.717, 1.165) is 12.7 Å². The summed E-state index contributed by atoms with van der Waals surface area (Å²) in [5, 5.41) is 41.7. The first-order valence-electron chi connectivity index (χ1n) is 13.6. The number of phosphoric acid groups is 2. The number of carbonyl (C=O) groups is 2. The Bertz CT molecular complexity index is 1320. The number of amidine groups is 1. The van der Waals surface area contributed by atoms with Crippen molar-refractivity contribution in [3.63, 3.8) is 0 Å². The van der Waals surface area contributed by atoms with E-state index in [9.17, 15) is 48.9 Å². The average Bonchev–Trinajstić information content (AvgIpc) is 3.61. The van der Waals surface area contributed by atoms with Gasteiger partial charge in [0.25, 0.3) is 5.91 Å². The monoisotopic (exact) mass is 669 g/mol. The van der Waals surface area contributed by atoms with Gasteiger partial charge in [0.1, 0.15) is 60.8 Å². The van der Waals surface area contributed by atoms with Crippen molar-refractivity contribution in [2.24, 2.45) is 20.9 Å². The number of carbonyl (C=O) groups excluding carboxylic acids is 2. The second kappa shape index (κ2) is 13.1. The van der Waals surface area contributed by atoms with Crippen molar-refractivity contribution in [1.82, 2.24) is 9.80 Å². The number of hydrogen-bond acceptors (Lipinski definition) is 17. The Balaban J connectivity index is 1.11. The molecule has 246 valence electrons. The fourth-order valence-corrected chi connectivity index (χ4v) is 7.57. The Hall–Kier alpha value is -1.87. The molecule has 5 aliphatic rings. The van der Waals surface area contributed by atoms with Crippen LogP contribution in [0.25, 0.3) is 0 Å². The van der Waals surface area contributed by atoms with Crippen molar-refractivity contribution in [3.8, 4) is 0 Å². The Labute approximate surface area is 249 Å². The molecule has 0 saturated carbocycles. The number of amides is 1. The molecule has 12 atom stereocenters. The Kier molecular flexibility index (Phi) is 9.97. The van der Waals surface area contributed by atoms with Gasteiger partial charge in [0.2, 0.25) is 0 Å². The van der Waals surface area contributed by atoms with E-state index in [2.05, 4.69) is 19.3 Å². The number of ether oxygens (including phenoxy) is 2. The quantitative estimate of drug-likeness (QED) is 0.120. The zero-order chi connectivity index (χ0) is 32.0. The fourth-order valence-electron chi connectivity index (χ4n) is 5.48. The van der Waals surface area contributed by atoms with E-state index in [1.165, 1.54) is 11.8 Å². The number of aliphatic hydroxyl groups is 4. The largest absolute Gasteiger partial charge is 0.481 e. The van der Waals surface area contributed by atoms with Crippen LogP contribution in [0.15, 0.2) is 15.0 Å². The summed E-state index contributed by atoms with van der Waals surface area (Å²) in [5.74, 6) is -0.826. The topological polar surface area (TPSA) is 279 Å². The summed E-state index contributed by atoms with van der Waals surface area (Å²) in [7, 11) is -10.7. The molecule has 0 radical (unpaired) electrons. The summed E-state index contributed by atoms with van der Waals surface area (Å²) >= 11 is 0. The third-order valence-electron chi connectivity index (χ3n) is 7.80. The number of piperidine rings is 1. The number of likely N-dealkylation sites (tertiary alicyclic amines) is 1. The summed E-state index contributed by atoms with van der Waals surface area (Å²) in [6.45, 7) is 0.489. The van der Waals surface area contributed by atoms with Gasteiger partial charge in [-0.05, 0) is 19.8 Å². The van der Waals surface area contributed by atoms with Crippen LogP contribution in [0.2, 0.25) is 0 Å². The van der Waals surface area contributed by atoms with Gasteiger partial charge in [0, 0.05) is 19.0 Å². The van der Waals surface area contributed by atoms with Crippen molar-refractivity contribution in [1.29, 1.82) is 0 Å². The summed E-state index contributed by atoms with van der Waals surface area (Å²) in [6, 6.07) is -1.05. The summed E-state index contributed by atoms with van der Waals surface area (Å²) in [6.07, 6.45) is -7.96. The minimum absolute atomic E-state index is 0.0247. The number of aliphatic hydroxyl groups excluding tert-OH is 4. The Morgan fingerprint density at radius 3 is 2.20 bits per heavy atom.